The van der Waals surface area contributed by atoms with Crippen LogP contribution in [0.5, 0.6) is 0 Å². The summed E-state index contributed by atoms with van der Waals surface area (Å²) < 4.78 is 9.18. The smallest absolute Gasteiger partial charge is 0.347 e. The molecule has 1 rings (SSSR count). The standard InChI is InChI=1S/C6H7ClO4/c7-3-5(8)11-4-1-2-10-6(4)9/h4H,1-3H2/t4-/m0/s1. The maximum Gasteiger partial charge on any atom is 0.347 e. The number of carbonyl (C=O) groups excluding carboxylic acids is 2. The van der Waals surface area contributed by atoms with Gasteiger partial charge in [0, 0.05) is 6.42 Å². The average molecular weight is 179 g/mol. The zero-order valence-electron chi connectivity index (χ0n) is 5.71. The largest absolute Gasteiger partial charge is 0.463 e. The van der Waals surface area contributed by atoms with Crippen LogP contribution in [0.4, 0.5) is 0 Å². The highest BCUT2D eigenvalue weighted by atomic mass is 35.5. The lowest BCUT2D eigenvalue weighted by atomic mass is 10.3. The van der Waals surface area contributed by atoms with Crippen LogP contribution in [0.1, 0.15) is 6.42 Å². The minimum absolute atomic E-state index is 0.232. The van der Waals surface area contributed by atoms with Crippen molar-refractivity contribution in [3.63, 3.8) is 0 Å². The SMILES string of the molecule is O=C(CCl)O[C@H]1CCOC1=O. The molecule has 1 fully saturated rings. The van der Waals surface area contributed by atoms with Gasteiger partial charge >= 0.3 is 11.9 Å². The van der Waals surface area contributed by atoms with Crippen molar-refractivity contribution in [2.24, 2.45) is 0 Å². The molecule has 0 N–H and O–H groups in total. The summed E-state index contributed by atoms with van der Waals surface area (Å²) in [4.78, 5) is 21.2. The van der Waals surface area contributed by atoms with Gasteiger partial charge in [-0.1, -0.05) is 0 Å². The highest BCUT2D eigenvalue weighted by Gasteiger charge is 2.29. The van der Waals surface area contributed by atoms with E-state index in [-0.39, 0.29) is 5.88 Å². The van der Waals surface area contributed by atoms with Crippen LogP contribution in [0.3, 0.4) is 0 Å². The molecule has 0 aromatic rings. The summed E-state index contributed by atoms with van der Waals surface area (Å²) in [7, 11) is 0. The molecule has 5 heteroatoms. The topological polar surface area (TPSA) is 52.6 Å². The number of ether oxygens (including phenoxy) is 2. The van der Waals surface area contributed by atoms with E-state index in [0.29, 0.717) is 13.0 Å². The monoisotopic (exact) mass is 178 g/mol. The lowest BCUT2D eigenvalue weighted by Gasteiger charge is -2.04. The first-order valence-electron chi connectivity index (χ1n) is 3.16. The van der Waals surface area contributed by atoms with E-state index in [1.54, 1.807) is 0 Å². The quantitative estimate of drug-likeness (QED) is 0.444. The predicted molar refractivity (Wildman–Crippen MR) is 36.2 cm³/mol. The summed E-state index contributed by atoms with van der Waals surface area (Å²) in [5.74, 6) is -1.30. The first-order valence-corrected chi connectivity index (χ1v) is 3.69. The lowest BCUT2D eigenvalue weighted by Crippen LogP contribution is -2.23. The molecule has 0 aromatic carbocycles. The van der Waals surface area contributed by atoms with Gasteiger partial charge in [-0.25, -0.2) is 4.79 Å². The van der Waals surface area contributed by atoms with Crippen LogP contribution in [0.2, 0.25) is 0 Å². The van der Waals surface area contributed by atoms with E-state index in [1.807, 2.05) is 0 Å². The molecule has 1 atom stereocenters. The minimum atomic E-state index is -0.735. The van der Waals surface area contributed by atoms with Gasteiger partial charge < -0.3 is 9.47 Å². The third kappa shape index (κ3) is 2.08. The van der Waals surface area contributed by atoms with Crippen molar-refractivity contribution in [1.82, 2.24) is 0 Å². The molecule has 0 radical (unpaired) electrons. The first kappa shape index (κ1) is 8.33. The highest BCUT2D eigenvalue weighted by Crippen LogP contribution is 2.10. The fourth-order valence-electron chi connectivity index (χ4n) is 0.775. The van der Waals surface area contributed by atoms with Gasteiger partial charge in [0.15, 0.2) is 0 Å². The van der Waals surface area contributed by atoms with Crippen molar-refractivity contribution in [3.8, 4) is 0 Å². The van der Waals surface area contributed by atoms with Crippen molar-refractivity contribution >= 4 is 23.5 Å². The van der Waals surface area contributed by atoms with Gasteiger partial charge in [0.2, 0.25) is 6.10 Å². The normalized spacial score (nSPS) is 23.0. The Morgan fingerprint density at radius 2 is 2.55 bits per heavy atom. The Morgan fingerprint density at radius 1 is 1.82 bits per heavy atom. The number of hydrogen-bond donors (Lipinski definition) is 0. The molecule has 0 spiro atoms. The molecule has 0 amide bonds. The Bertz CT molecular complexity index is 179. The third-order valence-electron chi connectivity index (χ3n) is 1.27. The maximum absolute atomic E-state index is 10.7. The zero-order chi connectivity index (χ0) is 8.27. The number of carbonyl (C=O) groups is 2. The fraction of sp³-hybridized carbons (Fsp3) is 0.667. The fourth-order valence-corrected chi connectivity index (χ4v) is 0.838. The molecule has 11 heavy (non-hydrogen) atoms. The Hall–Kier alpha value is -0.770. The van der Waals surface area contributed by atoms with Gasteiger partial charge in [-0.05, 0) is 0 Å². The van der Waals surface area contributed by atoms with Crippen LogP contribution in [0, 0.1) is 0 Å². The molecule has 0 aromatic heterocycles. The third-order valence-corrected chi connectivity index (χ3v) is 1.49. The Balaban J connectivity index is 2.36. The van der Waals surface area contributed by atoms with E-state index in [9.17, 15) is 9.59 Å². The van der Waals surface area contributed by atoms with E-state index >= 15 is 0 Å². The van der Waals surface area contributed by atoms with E-state index in [4.69, 9.17) is 11.6 Å². The molecule has 1 aliphatic heterocycles. The number of rotatable bonds is 2. The lowest BCUT2D eigenvalue weighted by molar-refractivity contribution is -0.158. The Kier molecular flexibility index (Phi) is 2.70. The second-order valence-corrected chi connectivity index (χ2v) is 2.34. The van der Waals surface area contributed by atoms with Crippen LogP contribution >= 0.6 is 11.6 Å². The summed E-state index contributed by atoms with van der Waals surface area (Å²) in [5.41, 5.74) is 0. The number of halogens is 1. The molecule has 0 saturated carbocycles. The van der Waals surface area contributed by atoms with Gasteiger partial charge in [0.1, 0.15) is 5.88 Å². The van der Waals surface area contributed by atoms with Crippen LogP contribution in [0.25, 0.3) is 0 Å². The number of cyclic esters (lactones) is 1. The second kappa shape index (κ2) is 3.57. The summed E-state index contributed by atoms with van der Waals surface area (Å²) in [6.45, 7) is 0.319. The molecule has 0 unspecified atom stereocenters. The Morgan fingerprint density at radius 3 is 3.00 bits per heavy atom. The molecule has 1 aliphatic rings. The maximum atomic E-state index is 10.7. The molecule has 4 nitrogen and oxygen atoms in total. The molecule has 62 valence electrons. The summed E-state index contributed by atoms with van der Waals surface area (Å²) in [6, 6.07) is 0. The molecule has 1 saturated heterocycles. The first-order chi connectivity index (χ1) is 5.24. The van der Waals surface area contributed by atoms with Crippen LogP contribution in [-0.2, 0) is 19.1 Å². The van der Waals surface area contributed by atoms with Crippen LogP contribution in [0.15, 0.2) is 0 Å². The minimum Gasteiger partial charge on any atom is -0.463 e. The van der Waals surface area contributed by atoms with E-state index < -0.39 is 18.0 Å². The van der Waals surface area contributed by atoms with Crippen molar-refractivity contribution in [2.75, 3.05) is 12.5 Å². The van der Waals surface area contributed by atoms with Crippen molar-refractivity contribution in [2.45, 2.75) is 12.5 Å². The highest BCUT2D eigenvalue weighted by molar-refractivity contribution is 6.26. The number of hydrogen-bond acceptors (Lipinski definition) is 4. The van der Waals surface area contributed by atoms with Gasteiger partial charge in [-0.15, -0.1) is 11.6 Å². The number of esters is 2. The summed E-state index contributed by atoms with van der Waals surface area (Å²) in [6.07, 6.45) is -0.303. The van der Waals surface area contributed by atoms with Crippen LogP contribution in [-0.4, -0.2) is 30.5 Å². The second-order valence-electron chi connectivity index (χ2n) is 2.07. The van der Waals surface area contributed by atoms with Crippen molar-refractivity contribution in [1.29, 1.82) is 0 Å². The number of alkyl halides is 1. The molecular formula is C6H7ClO4. The van der Waals surface area contributed by atoms with Crippen LogP contribution < -0.4 is 0 Å². The van der Waals surface area contributed by atoms with Crippen molar-refractivity contribution < 1.29 is 19.1 Å². The van der Waals surface area contributed by atoms with E-state index in [0.717, 1.165) is 0 Å². The zero-order valence-corrected chi connectivity index (χ0v) is 6.47. The van der Waals surface area contributed by atoms with E-state index in [2.05, 4.69) is 9.47 Å². The molecule has 0 bridgehead atoms. The van der Waals surface area contributed by atoms with E-state index in [1.165, 1.54) is 0 Å². The van der Waals surface area contributed by atoms with Gasteiger partial charge in [0.05, 0.1) is 6.61 Å². The van der Waals surface area contributed by atoms with Gasteiger partial charge in [0.25, 0.3) is 0 Å². The molecule has 0 aliphatic carbocycles. The van der Waals surface area contributed by atoms with Gasteiger partial charge in [-0.2, -0.15) is 0 Å². The Labute approximate surface area is 68.4 Å². The molecular weight excluding hydrogens is 172 g/mol. The molecule has 1 heterocycles. The summed E-state index contributed by atoms with van der Waals surface area (Å²) >= 11 is 5.15. The van der Waals surface area contributed by atoms with Crippen molar-refractivity contribution in [3.05, 3.63) is 0 Å². The summed E-state index contributed by atoms with van der Waals surface area (Å²) in [5, 5.41) is 0. The predicted octanol–water partition coefficient (Wildman–Crippen LogP) is 0.0839. The average Bonchev–Trinajstić information content (AvgIpc) is 2.37. The van der Waals surface area contributed by atoms with Gasteiger partial charge in [-0.3, -0.25) is 4.79 Å².